The Balaban J connectivity index is 2.06. The van der Waals surface area contributed by atoms with Crippen molar-refractivity contribution >= 4 is 17.6 Å². The Bertz CT molecular complexity index is 543. The van der Waals surface area contributed by atoms with Crippen molar-refractivity contribution in [1.29, 1.82) is 0 Å². The molecule has 0 spiro atoms. The molecule has 0 amide bonds. The lowest BCUT2D eigenvalue weighted by Crippen LogP contribution is -2.13. The maximum atomic E-state index is 8.63. The van der Waals surface area contributed by atoms with E-state index < -0.39 is 0 Å². The van der Waals surface area contributed by atoms with Gasteiger partial charge in [-0.3, -0.25) is 0 Å². The SMILES string of the molecule is NC(=NO)c1cccc(CSc2ccccn2)c1. The number of hydrogen-bond acceptors (Lipinski definition) is 4. The second-order valence-electron chi connectivity index (χ2n) is 3.64. The fourth-order valence-corrected chi connectivity index (χ4v) is 2.27. The Morgan fingerprint density at radius 2 is 2.17 bits per heavy atom. The molecule has 1 heterocycles. The average molecular weight is 259 g/mol. The number of amidine groups is 1. The molecule has 0 aliphatic rings. The molecule has 0 bridgehead atoms. The van der Waals surface area contributed by atoms with Gasteiger partial charge in [-0.1, -0.05) is 29.4 Å². The summed E-state index contributed by atoms with van der Waals surface area (Å²) in [6.07, 6.45) is 1.77. The molecule has 0 saturated heterocycles. The summed E-state index contributed by atoms with van der Waals surface area (Å²) in [5.74, 6) is 0.920. The smallest absolute Gasteiger partial charge is 0.170 e. The van der Waals surface area contributed by atoms with E-state index in [-0.39, 0.29) is 5.84 Å². The van der Waals surface area contributed by atoms with Gasteiger partial charge in [-0.15, -0.1) is 11.8 Å². The third-order valence-corrected chi connectivity index (χ3v) is 3.37. The van der Waals surface area contributed by atoms with Crippen molar-refractivity contribution in [2.75, 3.05) is 0 Å². The minimum Gasteiger partial charge on any atom is -0.409 e. The second kappa shape index (κ2) is 6.07. The number of thioether (sulfide) groups is 1. The number of rotatable bonds is 4. The van der Waals surface area contributed by atoms with E-state index in [0.717, 1.165) is 21.9 Å². The Morgan fingerprint density at radius 1 is 1.28 bits per heavy atom. The molecule has 0 aliphatic heterocycles. The van der Waals surface area contributed by atoms with Crippen molar-refractivity contribution in [3.8, 4) is 0 Å². The van der Waals surface area contributed by atoms with Crippen molar-refractivity contribution in [2.45, 2.75) is 10.8 Å². The Morgan fingerprint density at radius 3 is 2.89 bits per heavy atom. The number of pyridine rings is 1. The molecule has 0 unspecified atom stereocenters. The zero-order valence-corrected chi connectivity index (χ0v) is 10.5. The molecule has 0 saturated carbocycles. The van der Waals surface area contributed by atoms with Crippen LogP contribution in [0.5, 0.6) is 0 Å². The van der Waals surface area contributed by atoms with Gasteiger partial charge < -0.3 is 10.9 Å². The molecule has 0 atom stereocenters. The van der Waals surface area contributed by atoms with Crippen LogP contribution in [-0.2, 0) is 5.75 Å². The predicted molar refractivity (Wildman–Crippen MR) is 72.8 cm³/mol. The number of hydrogen-bond donors (Lipinski definition) is 2. The first-order chi connectivity index (χ1) is 8.79. The van der Waals surface area contributed by atoms with Crippen LogP contribution < -0.4 is 5.73 Å². The molecule has 3 N–H and O–H groups in total. The predicted octanol–water partition coefficient (Wildman–Crippen LogP) is 2.47. The first-order valence-corrected chi connectivity index (χ1v) is 6.39. The van der Waals surface area contributed by atoms with Crippen LogP contribution in [0.4, 0.5) is 0 Å². The van der Waals surface area contributed by atoms with Gasteiger partial charge in [0.05, 0.1) is 5.03 Å². The summed E-state index contributed by atoms with van der Waals surface area (Å²) in [6, 6.07) is 13.4. The van der Waals surface area contributed by atoms with E-state index in [4.69, 9.17) is 10.9 Å². The standard InChI is InChI=1S/C13H13N3OS/c14-13(16-17)11-5-3-4-10(8-11)9-18-12-6-1-2-7-15-12/h1-8,17H,9H2,(H2,14,16). The number of oxime groups is 1. The lowest BCUT2D eigenvalue weighted by atomic mass is 10.1. The number of nitrogens with two attached hydrogens (primary N) is 1. The van der Waals surface area contributed by atoms with Gasteiger partial charge in [0.15, 0.2) is 5.84 Å². The first-order valence-electron chi connectivity index (χ1n) is 5.40. The topological polar surface area (TPSA) is 71.5 Å². The summed E-state index contributed by atoms with van der Waals surface area (Å²) in [7, 11) is 0. The quantitative estimate of drug-likeness (QED) is 0.291. The third-order valence-electron chi connectivity index (χ3n) is 2.35. The highest BCUT2D eigenvalue weighted by Crippen LogP contribution is 2.20. The van der Waals surface area contributed by atoms with Crippen molar-refractivity contribution in [2.24, 2.45) is 10.9 Å². The normalized spacial score (nSPS) is 11.4. The molecular weight excluding hydrogens is 246 g/mol. The molecule has 5 heteroatoms. The lowest BCUT2D eigenvalue weighted by Gasteiger charge is -2.04. The van der Waals surface area contributed by atoms with Gasteiger partial charge in [0.25, 0.3) is 0 Å². The van der Waals surface area contributed by atoms with Crippen molar-refractivity contribution in [3.05, 3.63) is 59.8 Å². The van der Waals surface area contributed by atoms with Crippen LogP contribution in [0.15, 0.2) is 58.8 Å². The van der Waals surface area contributed by atoms with E-state index in [0.29, 0.717) is 0 Å². The van der Waals surface area contributed by atoms with Gasteiger partial charge in [0.2, 0.25) is 0 Å². The fraction of sp³-hybridized carbons (Fsp3) is 0.0769. The molecule has 2 aromatic rings. The van der Waals surface area contributed by atoms with E-state index in [2.05, 4.69) is 10.1 Å². The molecule has 2 rings (SSSR count). The number of benzene rings is 1. The highest BCUT2D eigenvalue weighted by Gasteiger charge is 2.01. The lowest BCUT2D eigenvalue weighted by molar-refractivity contribution is 0.318. The van der Waals surface area contributed by atoms with Crippen molar-refractivity contribution in [1.82, 2.24) is 4.98 Å². The zero-order valence-electron chi connectivity index (χ0n) is 9.65. The molecule has 18 heavy (non-hydrogen) atoms. The maximum Gasteiger partial charge on any atom is 0.170 e. The minimum absolute atomic E-state index is 0.125. The molecule has 0 fully saturated rings. The summed E-state index contributed by atoms with van der Waals surface area (Å²) >= 11 is 1.65. The van der Waals surface area contributed by atoms with E-state index in [1.165, 1.54) is 0 Å². The van der Waals surface area contributed by atoms with Crippen LogP contribution in [0.2, 0.25) is 0 Å². The largest absolute Gasteiger partial charge is 0.409 e. The molecule has 92 valence electrons. The Kier molecular flexibility index (Phi) is 4.20. The summed E-state index contributed by atoms with van der Waals surface area (Å²) in [4.78, 5) is 4.24. The molecular formula is C13H13N3OS. The minimum atomic E-state index is 0.125. The maximum absolute atomic E-state index is 8.63. The van der Waals surface area contributed by atoms with Gasteiger partial charge in [0, 0.05) is 17.5 Å². The van der Waals surface area contributed by atoms with Crippen molar-refractivity contribution < 1.29 is 5.21 Å². The molecule has 1 aromatic carbocycles. The van der Waals surface area contributed by atoms with Crippen LogP contribution in [0.25, 0.3) is 0 Å². The first kappa shape index (κ1) is 12.4. The van der Waals surface area contributed by atoms with E-state index >= 15 is 0 Å². The highest BCUT2D eigenvalue weighted by molar-refractivity contribution is 7.98. The Hall–Kier alpha value is -2.01. The summed E-state index contributed by atoms with van der Waals surface area (Å²) in [6.45, 7) is 0. The average Bonchev–Trinajstić information content (AvgIpc) is 2.45. The summed E-state index contributed by atoms with van der Waals surface area (Å²) in [5, 5.41) is 12.6. The number of nitrogens with zero attached hydrogens (tertiary/aromatic N) is 2. The van der Waals surface area contributed by atoms with Crippen LogP contribution in [0.1, 0.15) is 11.1 Å². The molecule has 0 aliphatic carbocycles. The molecule has 4 nitrogen and oxygen atoms in total. The van der Waals surface area contributed by atoms with Crippen LogP contribution >= 0.6 is 11.8 Å². The van der Waals surface area contributed by atoms with E-state index in [1.54, 1.807) is 18.0 Å². The van der Waals surface area contributed by atoms with Crippen LogP contribution in [0.3, 0.4) is 0 Å². The highest BCUT2D eigenvalue weighted by atomic mass is 32.2. The Labute approximate surface area is 110 Å². The van der Waals surface area contributed by atoms with Gasteiger partial charge in [-0.05, 0) is 23.8 Å². The second-order valence-corrected chi connectivity index (χ2v) is 4.64. The van der Waals surface area contributed by atoms with Crippen molar-refractivity contribution in [3.63, 3.8) is 0 Å². The fourth-order valence-electron chi connectivity index (χ4n) is 1.47. The zero-order chi connectivity index (χ0) is 12.8. The van der Waals surface area contributed by atoms with Crippen LogP contribution in [-0.4, -0.2) is 16.0 Å². The van der Waals surface area contributed by atoms with E-state index in [9.17, 15) is 0 Å². The molecule has 1 aromatic heterocycles. The number of aromatic nitrogens is 1. The van der Waals surface area contributed by atoms with Crippen LogP contribution in [0, 0.1) is 0 Å². The summed E-state index contributed by atoms with van der Waals surface area (Å²) < 4.78 is 0. The van der Waals surface area contributed by atoms with Gasteiger partial charge in [0.1, 0.15) is 0 Å². The van der Waals surface area contributed by atoms with Gasteiger partial charge in [-0.25, -0.2) is 4.98 Å². The van der Waals surface area contributed by atoms with Gasteiger partial charge in [-0.2, -0.15) is 0 Å². The molecule has 0 radical (unpaired) electrons. The monoisotopic (exact) mass is 259 g/mol. The summed E-state index contributed by atoms with van der Waals surface area (Å²) in [5.41, 5.74) is 7.38. The van der Waals surface area contributed by atoms with E-state index in [1.807, 2.05) is 42.5 Å². The van der Waals surface area contributed by atoms with Gasteiger partial charge >= 0.3 is 0 Å². The third kappa shape index (κ3) is 3.24.